The van der Waals surface area contributed by atoms with E-state index in [0.717, 1.165) is 5.69 Å². The van der Waals surface area contributed by atoms with Crippen LogP contribution in [0.3, 0.4) is 0 Å². The van der Waals surface area contributed by atoms with Crippen molar-refractivity contribution in [2.75, 3.05) is 5.32 Å². The van der Waals surface area contributed by atoms with E-state index in [0.29, 0.717) is 28.8 Å². The molecule has 0 spiro atoms. The molecule has 0 bridgehead atoms. The predicted octanol–water partition coefficient (Wildman–Crippen LogP) is 3.13. The van der Waals surface area contributed by atoms with Crippen molar-refractivity contribution in [2.45, 2.75) is 26.8 Å². The number of benzene rings is 1. The number of nitrogens with two attached hydrogens (primary N) is 1. The van der Waals surface area contributed by atoms with Crippen LogP contribution in [0.5, 0.6) is 11.6 Å². The SMILES string of the molecule is CC(=O)c1cc(N[C@@H](C)C(N)=O)nc(-c2ccc(Oc3cccc(C)n3)cc2)n1. The standard InChI is InChI=1S/C21H21N5O3/c1-12-5-4-6-19(23-12)29-16-9-7-15(8-10-16)21-25-17(14(3)27)11-18(26-21)24-13(2)20(22)28/h4-11,13H,1-3H3,(H2,22,28)(H,24,25,26)/t13-/m0/s1. The number of hydrogen-bond acceptors (Lipinski definition) is 7. The Morgan fingerprint density at radius 3 is 2.41 bits per heavy atom. The molecule has 0 aliphatic carbocycles. The summed E-state index contributed by atoms with van der Waals surface area (Å²) in [5.74, 6) is 1.05. The molecular weight excluding hydrogens is 370 g/mol. The van der Waals surface area contributed by atoms with Gasteiger partial charge in [0.05, 0.1) is 0 Å². The Labute approximate surface area is 168 Å². The Balaban J connectivity index is 1.87. The number of amides is 1. The van der Waals surface area contributed by atoms with Crippen molar-refractivity contribution in [3.05, 3.63) is 59.9 Å². The van der Waals surface area contributed by atoms with Crippen LogP contribution in [0.2, 0.25) is 0 Å². The number of hydrogen-bond donors (Lipinski definition) is 2. The van der Waals surface area contributed by atoms with E-state index in [9.17, 15) is 9.59 Å². The van der Waals surface area contributed by atoms with E-state index in [1.165, 1.54) is 13.0 Å². The lowest BCUT2D eigenvalue weighted by atomic mass is 10.2. The second kappa shape index (κ2) is 8.47. The molecule has 0 unspecified atom stereocenters. The molecule has 8 heteroatoms. The largest absolute Gasteiger partial charge is 0.439 e. The van der Waals surface area contributed by atoms with E-state index >= 15 is 0 Å². The van der Waals surface area contributed by atoms with Crippen LogP contribution in [-0.4, -0.2) is 32.7 Å². The topological polar surface area (TPSA) is 120 Å². The molecule has 0 aliphatic rings. The summed E-state index contributed by atoms with van der Waals surface area (Å²) in [5.41, 5.74) is 7.07. The number of aromatic nitrogens is 3. The van der Waals surface area contributed by atoms with Gasteiger partial charge in [-0.3, -0.25) is 9.59 Å². The van der Waals surface area contributed by atoms with E-state index in [2.05, 4.69) is 20.3 Å². The number of carbonyl (C=O) groups is 2. The summed E-state index contributed by atoms with van der Waals surface area (Å²) < 4.78 is 5.74. The van der Waals surface area contributed by atoms with Crippen molar-refractivity contribution >= 4 is 17.5 Å². The van der Waals surface area contributed by atoms with Crippen LogP contribution in [0, 0.1) is 6.92 Å². The number of Topliss-reactive ketones (excluding diaryl/α,β-unsaturated/α-hetero) is 1. The first-order valence-corrected chi connectivity index (χ1v) is 8.99. The van der Waals surface area contributed by atoms with Crippen molar-refractivity contribution in [3.63, 3.8) is 0 Å². The maximum absolute atomic E-state index is 11.8. The Bertz CT molecular complexity index is 1050. The number of nitrogens with one attached hydrogen (secondary N) is 1. The molecule has 148 valence electrons. The fraction of sp³-hybridized carbons (Fsp3) is 0.190. The number of anilines is 1. The lowest BCUT2D eigenvalue weighted by molar-refractivity contribution is -0.118. The Kier molecular flexibility index (Phi) is 5.82. The molecular formula is C21H21N5O3. The summed E-state index contributed by atoms with van der Waals surface area (Å²) >= 11 is 0. The quantitative estimate of drug-likeness (QED) is 0.594. The molecule has 1 amide bonds. The Hall–Kier alpha value is -3.81. The molecule has 0 saturated heterocycles. The molecule has 1 atom stereocenters. The van der Waals surface area contributed by atoms with Crippen molar-refractivity contribution < 1.29 is 14.3 Å². The first-order valence-electron chi connectivity index (χ1n) is 8.99. The number of pyridine rings is 1. The van der Waals surface area contributed by atoms with Crippen LogP contribution in [0.4, 0.5) is 5.82 Å². The van der Waals surface area contributed by atoms with Gasteiger partial charge in [-0.2, -0.15) is 0 Å². The van der Waals surface area contributed by atoms with Crippen LogP contribution in [-0.2, 0) is 4.79 Å². The van der Waals surface area contributed by atoms with E-state index in [-0.39, 0.29) is 11.5 Å². The minimum Gasteiger partial charge on any atom is -0.439 e. The molecule has 3 N–H and O–H groups in total. The summed E-state index contributed by atoms with van der Waals surface area (Å²) in [7, 11) is 0. The van der Waals surface area contributed by atoms with Gasteiger partial charge >= 0.3 is 0 Å². The van der Waals surface area contributed by atoms with Gasteiger partial charge in [0.25, 0.3) is 0 Å². The Morgan fingerprint density at radius 1 is 1.07 bits per heavy atom. The van der Waals surface area contributed by atoms with E-state index in [4.69, 9.17) is 10.5 Å². The van der Waals surface area contributed by atoms with Crippen LogP contribution < -0.4 is 15.8 Å². The molecule has 2 aromatic heterocycles. The molecule has 0 fully saturated rings. The average molecular weight is 391 g/mol. The van der Waals surface area contributed by atoms with Gasteiger partial charge in [0.2, 0.25) is 11.8 Å². The zero-order valence-corrected chi connectivity index (χ0v) is 16.3. The smallest absolute Gasteiger partial charge is 0.239 e. The normalized spacial score (nSPS) is 11.6. The summed E-state index contributed by atoms with van der Waals surface area (Å²) in [6, 6.07) is 13.5. The minimum absolute atomic E-state index is 0.214. The zero-order valence-electron chi connectivity index (χ0n) is 16.3. The number of carbonyl (C=O) groups excluding carboxylic acids is 2. The van der Waals surface area contributed by atoms with Crippen LogP contribution in [0.15, 0.2) is 48.5 Å². The Morgan fingerprint density at radius 2 is 1.79 bits per heavy atom. The third-order valence-corrected chi connectivity index (χ3v) is 4.08. The van der Waals surface area contributed by atoms with Gasteiger partial charge in [-0.25, -0.2) is 15.0 Å². The highest BCUT2D eigenvalue weighted by atomic mass is 16.5. The number of ketones is 1. The highest BCUT2D eigenvalue weighted by Gasteiger charge is 2.14. The van der Waals surface area contributed by atoms with Crippen molar-refractivity contribution in [2.24, 2.45) is 5.73 Å². The number of aryl methyl sites for hydroxylation is 1. The maximum atomic E-state index is 11.8. The molecule has 0 saturated carbocycles. The summed E-state index contributed by atoms with van der Waals surface area (Å²) in [4.78, 5) is 36.2. The average Bonchev–Trinajstić information content (AvgIpc) is 2.68. The number of nitrogens with zero attached hydrogens (tertiary/aromatic N) is 3. The van der Waals surface area contributed by atoms with Gasteiger partial charge in [0.15, 0.2) is 11.6 Å². The van der Waals surface area contributed by atoms with Crippen LogP contribution in [0.25, 0.3) is 11.4 Å². The van der Waals surface area contributed by atoms with Gasteiger partial charge in [0, 0.05) is 30.3 Å². The number of primary amides is 1. The first kappa shape index (κ1) is 19.9. The summed E-state index contributed by atoms with van der Waals surface area (Å²) in [6.07, 6.45) is 0. The van der Waals surface area contributed by atoms with E-state index < -0.39 is 11.9 Å². The molecule has 3 rings (SSSR count). The fourth-order valence-electron chi connectivity index (χ4n) is 2.49. The van der Waals surface area contributed by atoms with Crippen LogP contribution in [0.1, 0.15) is 30.0 Å². The monoisotopic (exact) mass is 391 g/mol. The molecule has 1 aromatic carbocycles. The third kappa shape index (κ3) is 5.13. The predicted molar refractivity (Wildman–Crippen MR) is 109 cm³/mol. The summed E-state index contributed by atoms with van der Waals surface area (Å²) in [5, 5.41) is 2.89. The molecule has 0 radical (unpaired) electrons. The minimum atomic E-state index is -0.643. The molecule has 3 aromatic rings. The second-order valence-corrected chi connectivity index (χ2v) is 6.53. The van der Waals surface area contributed by atoms with Gasteiger partial charge in [-0.1, -0.05) is 6.07 Å². The second-order valence-electron chi connectivity index (χ2n) is 6.53. The molecule has 29 heavy (non-hydrogen) atoms. The van der Waals surface area contributed by atoms with Crippen molar-refractivity contribution in [1.82, 2.24) is 15.0 Å². The zero-order chi connectivity index (χ0) is 21.0. The maximum Gasteiger partial charge on any atom is 0.239 e. The van der Waals surface area contributed by atoms with E-state index in [1.807, 2.05) is 19.1 Å². The van der Waals surface area contributed by atoms with Crippen molar-refractivity contribution in [1.29, 1.82) is 0 Å². The number of ether oxygens (including phenoxy) is 1. The van der Waals surface area contributed by atoms with Crippen LogP contribution >= 0.6 is 0 Å². The highest BCUT2D eigenvalue weighted by Crippen LogP contribution is 2.24. The lowest BCUT2D eigenvalue weighted by Gasteiger charge is -2.13. The first-order chi connectivity index (χ1) is 13.8. The van der Waals surface area contributed by atoms with Gasteiger partial charge in [-0.15, -0.1) is 0 Å². The van der Waals surface area contributed by atoms with Gasteiger partial charge < -0.3 is 15.8 Å². The molecule has 8 nitrogen and oxygen atoms in total. The van der Waals surface area contributed by atoms with Gasteiger partial charge in [0.1, 0.15) is 23.3 Å². The van der Waals surface area contributed by atoms with Gasteiger partial charge in [-0.05, 0) is 44.2 Å². The molecule has 0 aliphatic heterocycles. The van der Waals surface area contributed by atoms with E-state index in [1.54, 1.807) is 37.3 Å². The summed E-state index contributed by atoms with van der Waals surface area (Å²) in [6.45, 7) is 4.92. The third-order valence-electron chi connectivity index (χ3n) is 4.08. The number of rotatable bonds is 7. The lowest BCUT2D eigenvalue weighted by Crippen LogP contribution is -2.32. The molecule has 2 heterocycles. The van der Waals surface area contributed by atoms with Crippen molar-refractivity contribution in [3.8, 4) is 23.0 Å². The highest BCUT2D eigenvalue weighted by molar-refractivity contribution is 5.93. The fourth-order valence-corrected chi connectivity index (χ4v) is 2.49.